The molecule has 0 saturated heterocycles. The predicted octanol–water partition coefficient (Wildman–Crippen LogP) is 3.52. The van der Waals surface area contributed by atoms with Crippen LogP contribution < -0.4 is 11.1 Å². The minimum Gasteiger partial charge on any atom is -0.370 e. The zero-order valence-corrected chi connectivity index (χ0v) is 15.8. The van der Waals surface area contributed by atoms with Gasteiger partial charge in [0.1, 0.15) is 5.82 Å². The minimum atomic E-state index is -0.687. The Morgan fingerprint density at radius 3 is 2.71 bits per heavy atom. The fourth-order valence-electron chi connectivity index (χ4n) is 3.01. The Morgan fingerprint density at radius 1 is 1.29 bits per heavy atom. The molecule has 0 aliphatic rings. The lowest BCUT2D eigenvalue weighted by molar-refractivity contribution is -0.118. The summed E-state index contributed by atoms with van der Waals surface area (Å²) in [7, 11) is 0. The summed E-state index contributed by atoms with van der Waals surface area (Å²) in [5.41, 5.74) is 7.30. The topological polar surface area (TPSA) is 101 Å². The SMILES string of the molecule is Cc1cccc(F)c1-c1[nH]ncc1C(=O)N[C@@H](CC(N)=O)c1cccc(Cl)c1. The van der Waals surface area contributed by atoms with Crippen molar-refractivity contribution < 1.29 is 14.0 Å². The highest BCUT2D eigenvalue weighted by molar-refractivity contribution is 6.30. The molecule has 28 heavy (non-hydrogen) atoms. The number of nitrogens with two attached hydrogens (primary N) is 1. The number of aromatic nitrogens is 2. The van der Waals surface area contributed by atoms with E-state index in [1.807, 2.05) is 0 Å². The van der Waals surface area contributed by atoms with E-state index in [9.17, 15) is 14.0 Å². The van der Waals surface area contributed by atoms with Gasteiger partial charge in [-0.25, -0.2) is 4.39 Å². The lowest BCUT2D eigenvalue weighted by atomic mass is 10.00. The average Bonchev–Trinajstić information content (AvgIpc) is 3.10. The van der Waals surface area contributed by atoms with E-state index in [-0.39, 0.29) is 23.2 Å². The number of hydrogen-bond donors (Lipinski definition) is 3. The molecule has 144 valence electrons. The van der Waals surface area contributed by atoms with Gasteiger partial charge in [0.15, 0.2) is 0 Å². The molecule has 0 radical (unpaired) electrons. The Bertz CT molecular complexity index is 1010. The van der Waals surface area contributed by atoms with E-state index in [0.29, 0.717) is 16.1 Å². The van der Waals surface area contributed by atoms with E-state index >= 15 is 0 Å². The molecule has 0 aliphatic carbocycles. The number of rotatable bonds is 6. The molecule has 1 aromatic heterocycles. The summed E-state index contributed by atoms with van der Waals surface area (Å²) in [5.74, 6) is -1.57. The number of carbonyl (C=O) groups is 2. The van der Waals surface area contributed by atoms with Crippen molar-refractivity contribution in [3.8, 4) is 11.3 Å². The van der Waals surface area contributed by atoms with Crippen LogP contribution in [0.1, 0.15) is 33.9 Å². The maximum atomic E-state index is 14.3. The van der Waals surface area contributed by atoms with Gasteiger partial charge in [-0.1, -0.05) is 35.9 Å². The van der Waals surface area contributed by atoms with Gasteiger partial charge in [0.05, 0.1) is 29.9 Å². The van der Waals surface area contributed by atoms with Crippen LogP contribution in [0.2, 0.25) is 5.02 Å². The molecule has 3 rings (SSSR count). The number of nitrogens with one attached hydrogen (secondary N) is 2. The molecule has 4 N–H and O–H groups in total. The van der Waals surface area contributed by atoms with Crippen LogP contribution in [0.25, 0.3) is 11.3 Å². The Balaban J connectivity index is 1.94. The van der Waals surface area contributed by atoms with Crippen molar-refractivity contribution >= 4 is 23.4 Å². The second kappa shape index (κ2) is 8.22. The second-order valence-electron chi connectivity index (χ2n) is 6.34. The van der Waals surface area contributed by atoms with E-state index in [1.54, 1.807) is 43.3 Å². The third-order valence-corrected chi connectivity index (χ3v) is 4.55. The third kappa shape index (κ3) is 4.20. The van der Waals surface area contributed by atoms with Gasteiger partial charge in [0.2, 0.25) is 5.91 Å². The zero-order valence-electron chi connectivity index (χ0n) is 15.0. The summed E-state index contributed by atoms with van der Waals surface area (Å²) in [6.45, 7) is 1.74. The van der Waals surface area contributed by atoms with Crippen LogP contribution in [0.3, 0.4) is 0 Å². The lowest BCUT2D eigenvalue weighted by Gasteiger charge is -2.18. The number of carbonyl (C=O) groups excluding carboxylic acids is 2. The number of primary amides is 1. The van der Waals surface area contributed by atoms with Gasteiger partial charge >= 0.3 is 0 Å². The highest BCUT2D eigenvalue weighted by atomic mass is 35.5. The number of aromatic amines is 1. The second-order valence-corrected chi connectivity index (χ2v) is 6.78. The quantitative estimate of drug-likeness (QED) is 0.590. The van der Waals surface area contributed by atoms with E-state index in [4.69, 9.17) is 17.3 Å². The van der Waals surface area contributed by atoms with Gasteiger partial charge in [-0.05, 0) is 36.2 Å². The van der Waals surface area contributed by atoms with Gasteiger partial charge in [-0.2, -0.15) is 5.10 Å². The molecule has 0 aliphatic heterocycles. The average molecular weight is 401 g/mol. The van der Waals surface area contributed by atoms with Crippen LogP contribution in [-0.2, 0) is 4.79 Å². The highest BCUT2D eigenvalue weighted by Gasteiger charge is 2.23. The zero-order chi connectivity index (χ0) is 20.3. The molecular formula is C20H18ClFN4O2. The van der Waals surface area contributed by atoms with Gasteiger partial charge in [-0.15, -0.1) is 0 Å². The van der Waals surface area contributed by atoms with Crippen molar-refractivity contribution in [3.05, 3.63) is 76.2 Å². The molecule has 8 heteroatoms. The first-order chi connectivity index (χ1) is 13.4. The number of halogens is 2. The summed E-state index contributed by atoms with van der Waals surface area (Å²) in [6.07, 6.45) is 1.20. The summed E-state index contributed by atoms with van der Waals surface area (Å²) in [4.78, 5) is 24.4. The molecule has 2 amide bonds. The van der Waals surface area contributed by atoms with Gasteiger partial charge in [0.25, 0.3) is 5.91 Å². The monoisotopic (exact) mass is 400 g/mol. The van der Waals surface area contributed by atoms with Crippen molar-refractivity contribution in [2.24, 2.45) is 5.73 Å². The van der Waals surface area contributed by atoms with E-state index in [0.717, 1.165) is 0 Å². The summed E-state index contributed by atoms with van der Waals surface area (Å²) >= 11 is 6.02. The Kier molecular flexibility index (Phi) is 5.75. The molecule has 3 aromatic rings. The molecule has 0 saturated carbocycles. The van der Waals surface area contributed by atoms with E-state index < -0.39 is 23.7 Å². The molecule has 1 heterocycles. The number of aryl methyl sites for hydroxylation is 1. The smallest absolute Gasteiger partial charge is 0.255 e. The van der Waals surface area contributed by atoms with Crippen LogP contribution in [0.15, 0.2) is 48.7 Å². The molecule has 6 nitrogen and oxygen atoms in total. The molecular weight excluding hydrogens is 383 g/mol. The molecule has 0 fully saturated rings. The predicted molar refractivity (Wildman–Crippen MR) is 104 cm³/mol. The molecule has 1 atom stereocenters. The van der Waals surface area contributed by atoms with Crippen LogP contribution in [0.5, 0.6) is 0 Å². The largest absolute Gasteiger partial charge is 0.370 e. The van der Waals surface area contributed by atoms with Gasteiger partial charge < -0.3 is 11.1 Å². The number of amides is 2. The molecule has 0 unspecified atom stereocenters. The summed E-state index contributed by atoms with van der Waals surface area (Å²) in [5, 5.41) is 9.80. The van der Waals surface area contributed by atoms with Crippen LogP contribution in [-0.4, -0.2) is 22.0 Å². The maximum absolute atomic E-state index is 14.3. The van der Waals surface area contributed by atoms with Crippen molar-refractivity contribution in [1.82, 2.24) is 15.5 Å². The number of nitrogens with zero attached hydrogens (tertiary/aromatic N) is 1. The fraction of sp³-hybridized carbons (Fsp3) is 0.150. The van der Waals surface area contributed by atoms with Crippen LogP contribution >= 0.6 is 11.6 Å². The van der Waals surface area contributed by atoms with Crippen molar-refractivity contribution in [1.29, 1.82) is 0 Å². The Labute approximate surface area is 165 Å². The first kappa shape index (κ1) is 19.6. The number of benzene rings is 2. The normalized spacial score (nSPS) is 11.8. The highest BCUT2D eigenvalue weighted by Crippen LogP contribution is 2.28. The van der Waals surface area contributed by atoms with Crippen LogP contribution in [0, 0.1) is 12.7 Å². The standard InChI is InChI=1S/C20H18ClFN4O2/c1-11-4-2-7-15(22)18(11)19-14(10-24-26-19)20(28)25-16(9-17(23)27)12-5-3-6-13(21)8-12/h2-8,10,16H,9H2,1H3,(H2,23,27)(H,24,26)(H,25,28)/t16-/m0/s1. The maximum Gasteiger partial charge on any atom is 0.255 e. The van der Waals surface area contributed by atoms with Crippen molar-refractivity contribution in [3.63, 3.8) is 0 Å². The lowest BCUT2D eigenvalue weighted by Crippen LogP contribution is -2.32. The number of H-pyrrole nitrogens is 1. The Hall–Kier alpha value is -3.19. The van der Waals surface area contributed by atoms with Crippen molar-refractivity contribution in [2.45, 2.75) is 19.4 Å². The Morgan fingerprint density at radius 2 is 2.04 bits per heavy atom. The van der Waals surface area contributed by atoms with Crippen molar-refractivity contribution in [2.75, 3.05) is 0 Å². The molecule has 0 bridgehead atoms. The van der Waals surface area contributed by atoms with Gasteiger partial charge in [-0.3, -0.25) is 14.7 Å². The summed E-state index contributed by atoms with van der Waals surface area (Å²) < 4.78 is 14.3. The fourth-order valence-corrected chi connectivity index (χ4v) is 3.21. The van der Waals surface area contributed by atoms with Crippen LogP contribution in [0.4, 0.5) is 4.39 Å². The first-order valence-electron chi connectivity index (χ1n) is 8.50. The molecule has 0 spiro atoms. The first-order valence-corrected chi connectivity index (χ1v) is 8.88. The van der Waals surface area contributed by atoms with E-state index in [2.05, 4.69) is 15.5 Å². The third-order valence-electron chi connectivity index (χ3n) is 4.32. The van der Waals surface area contributed by atoms with Gasteiger partial charge in [0, 0.05) is 10.6 Å². The number of hydrogen-bond acceptors (Lipinski definition) is 3. The summed E-state index contributed by atoms with van der Waals surface area (Å²) in [6, 6.07) is 10.7. The molecule has 2 aromatic carbocycles. The van der Waals surface area contributed by atoms with E-state index in [1.165, 1.54) is 12.3 Å². The minimum absolute atomic E-state index is 0.113.